The van der Waals surface area contributed by atoms with Gasteiger partial charge < -0.3 is 19.5 Å². The van der Waals surface area contributed by atoms with Gasteiger partial charge in [-0.25, -0.2) is 4.39 Å². The third-order valence-electron chi connectivity index (χ3n) is 4.38. The lowest BCUT2D eigenvalue weighted by atomic mass is 10.2. The molecular formula is C20H25FN4O. The molecule has 0 saturated carbocycles. The fourth-order valence-corrected chi connectivity index (χ4v) is 3.03. The number of furan rings is 1. The van der Waals surface area contributed by atoms with Gasteiger partial charge in [0.05, 0.1) is 12.0 Å². The first-order valence-corrected chi connectivity index (χ1v) is 8.94. The molecule has 1 fully saturated rings. The van der Waals surface area contributed by atoms with Crippen molar-refractivity contribution in [3.05, 3.63) is 66.9 Å². The van der Waals surface area contributed by atoms with Crippen molar-refractivity contribution in [2.24, 2.45) is 4.99 Å². The molecule has 0 amide bonds. The zero-order chi connectivity index (χ0) is 18.2. The molecule has 6 heteroatoms. The van der Waals surface area contributed by atoms with Crippen LogP contribution in [0.4, 0.5) is 10.1 Å². The van der Waals surface area contributed by atoms with E-state index in [1.54, 1.807) is 12.3 Å². The Balaban J connectivity index is 1.59. The lowest BCUT2D eigenvalue weighted by Gasteiger charge is -2.37. The fourth-order valence-electron chi connectivity index (χ4n) is 3.03. The quantitative estimate of drug-likeness (QED) is 0.491. The molecular weight excluding hydrogens is 331 g/mol. The zero-order valence-electron chi connectivity index (χ0n) is 14.9. The second-order valence-electron chi connectivity index (χ2n) is 6.13. The number of hydrogen-bond donors (Lipinski definition) is 1. The van der Waals surface area contributed by atoms with Gasteiger partial charge in [0.15, 0.2) is 5.96 Å². The summed E-state index contributed by atoms with van der Waals surface area (Å²) in [6.45, 7) is 8.17. The summed E-state index contributed by atoms with van der Waals surface area (Å²) in [4.78, 5) is 9.00. The van der Waals surface area contributed by atoms with Crippen LogP contribution in [0.3, 0.4) is 0 Å². The van der Waals surface area contributed by atoms with Gasteiger partial charge in [-0.15, -0.1) is 6.58 Å². The summed E-state index contributed by atoms with van der Waals surface area (Å²) in [5, 5.41) is 3.32. The third-order valence-corrected chi connectivity index (χ3v) is 4.38. The molecule has 0 bridgehead atoms. The first kappa shape index (κ1) is 18.0. The van der Waals surface area contributed by atoms with E-state index in [4.69, 9.17) is 9.41 Å². The molecule has 1 aliphatic heterocycles. The Labute approximate surface area is 153 Å². The van der Waals surface area contributed by atoms with E-state index < -0.39 is 0 Å². The second-order valence-corrected chi connectivity index (χ2v) is 6.13. The number of hydrogen-bond acceptors (Lipinski definition) is 3. The molecule has 3 rings (SSSR count). The monoisotopic (exact) mass is 356 g/mol. The first-order chi connectivity index (χ1) is 12.8. The van der Waals surface area contributed by atoms with Crippen molar-refractivity contribution in [2.75, 3.05) is 44.2 Å². The highest BCUT2D eigenvalue weighted by molar-refractivity contribution is 5.80. The van der Waals surface area contributed by atoms with Gasteiger partial charge in [-0.2, -0.15) is 0 Å². The van der Waals surface area contributed by atoms with Crippen LogP contribution in [0.25, 0.3) is 0 Å². The minimum Gasteiger partial charge on any atom is -0.469 e. The number of piperazine rings is 1. The van der Waals surface area contributed by atoms with Crippen molar-refractivity contribution < 1.29 is 8.81 Å². The third kappa shape index (κ3) is 4.65. The summed E-state index contributed by atoms with van der Waals surface area (Å²) in [7, 11) is 0. The molecule has 26 heavy (non-hydrogen) atoms. The molecule has 2 aromatic rings. The number of nitrogens with zero attached hydrogens (tertiary/aromatic N) is 3. The van der Waals surface area contributed by atoms with E-state index >= 15 is 0 Å². The smallest absolute Gasteiger partial charge is 0.194 e. The van der Waals surface area contributed by atoms with Gasteiger partial charge in [-0.3, -0.25) is 4.99 Å². The first-order valence-electron chi connectivity index (χ1n) is 8.94. The maximum atomic E-state index is 14.0. The predicted molar refractivity (Wildman–Crippen MR) is 103 cm³/mol. The summed E-state index contributed by atoms with van der Waals surface area (Å²) in [5.41, 5.74) is 0.669. The SMILES string of the molecule is C=CCNC(=NCCc1ccco1)N1CCN(c2ccccc2F)CC1. The summed E-state index contributed by atoms with van der Waals surface area (Å²) >= 11 is 0. The number of aliphatic imine (C=N–C) groups is 1. The number of nitrogens with one attached hydrogen (secondary N) is 1. The van der Waals surface area contributed by atoms with Crippen LogP contribution in [0.2, 0.25) is 0 Å². The van der Waals surface area contributed by atoms with Crippen LogP contribution in [0.1, 0.15) is 5.76 Å². The van der Waals surface area contributed by atoms with E-state index in [1.807, 2.05) is 30.3 Å². The number of anilines is 1. The highest BCUT2D eigenvalue weighted by Gasteiger charge is 2.21. The largest absolute Gasteiger partial charge is 0.469 e. The second kappa shape index (κ2) is 9.08. The van der Waals surface area contributed by atoms with E-state index in [0.717, 1.165) is 44.3 Å². The number of guanidine groups is 1. The van der Waals surface area contributed by atoms with Crippen LogP contribution in [-0.4, -0.2) is 50.1 Å². The minimum absolute atomic E-state index is 0.168. The van der Waals surface area contributed by atoms with Gasteiger partial charge in [0.25, 0.3) is 0 Å². The summed E-state index contributed by atoms with van der Waals surface area (Å²) in [5.74, 6) is 1.63. The number of benzene rings is 1. The van der Waals surface area contributed by atoms with Gasteiger partial charge in [-0.05, 0) is 24.3 Å². The van der Waals surface area contributed by atoms with E-state index in [-0.39, 0.29) is 5.82 Å². The van der Waals surface area contributed by atoms with Crippen LogP contribution in [0.15, 0.2) is 64.7 Å². The zero-order valence-corrected chi connectivity index (χ0v) is 14.9. The van der Waals surface area contributed by atoms with E-state index in [2.05, 4.69) is 21.7 Å². The molecule has 1 saturated heterocycles. The van der Waals surface area contributed by atoms with Crippen molar-refractivity contribution in [2.45, 2.75) is 6.42 Å². The van der Waals surface area contributed by atoms with Gasteiger partial charge in [0.1, 0.15) is 11.6 Å². The lowest BCUT2D eigenvalue weighted by Crippen LogP contribution is -2.52. The van der Waals surface area contributed by atoms with Crippen LogP contribution >= 0.6 is 0 Å². The van der Waals surface area contributed by atoms with Gasteiger partial charge in [-0.1, -0.05) is 18.2 Å². The maximum absolute atomic E-state index is 14.0. The van der Waals surface area contributed by atoms with Gasteiger partial charge in [0, 0.05) is 45.7 Å². The molecule has 0 spiro atoms. The molecule has 0 atom stereocenters. The standard InChI is InChI=1S/C20H25FN4O/c1-2-10-22-20(23-11-9-17-6-5-16-26-17)25-14-12-24(13-15-25)19-8-4-3-7-18(19)21/h2-8,16H,1,9-15H2,(H,22,23). The van der Waals surface area contributed by atoms with Crippen LogP contribution in [-0.2, 0) is 6.42 Å². The van der Waals surface area contributed by atoms with E-state index in [9.17, 15) is 4.39 Å². The minimum atomic E-state index is -0.168. The van der Waals surface area contributed by atoms with E-state index in [1.165, 1.54) is 6.07 Å². The average Bonchev–Trinajstić information content (AvgIpc) is 3.19. The molecule has 2 heterocycles. The summed E-state index contributed by atoms with van der Waals surface area (Å²) < 4.78 is 19.3. The number of rotatable bonds is 6. The molecule has 0 aliphatic carbocycles. The molecule has 1 aromatic carbocycles. The predicted octanol–water partition coefficient (Wildman–Crippen LogP) is 2.92. The molecule has 5 nitrogen and oxygen atoms in total. The highest BCUT2D eigenvalue weighted by Crippen LogP contribution is 2.20. The van der Waals surface area contributed by atoms with Gasteiger partial charge >= 0.3 is 0 Å². The topological polar surface area (TPSA) is 44.0 Å². The Bertz CT molecular complexity index is 721. The summed E-state index contributed by atoms with van der Waals surface area (Å²) in [6.07, 6.45) is 4.26. The van der Waals surface area contributed by atoms with Crippen molar-refractivity contribution in [3.63, 3.8) is 0 Å². The molecule has 0 unspecified atom stereocenters. The van der Waals surface area contributed by atoms with Crippen molar-refractivity contribution in [1.29, 1.82) is 0 Å². The maximum Gasteiger partial charge on any atom is 0.194 e. The molecule has 0 radical (unpaired) electrons. The highest BCUT2D eigenvalue weighted by atomic mass is 19.1. The molecule has 1 aliphatic rings. The Hall–Kier alpha value is -2.76. The van der Waals surface area contributed by atoms with Crippen LogP contribution in [0, 0.1) is 5.82 Å². The van der Waals surface area contributed by atoms with E-state index in [0.29, 0.717) is 18.8 Å². The van der Waals surface area contributed by atoms with Crippen molar-refractivity contribution in [3.8, 4) is 0 Å². The van der Waals surface area contributed by atoms with Crippen LogP contribution < -0.4 is 10.2 Å². The number of halogens is 1. The van der Waals surface area contributed by atoms with Crippen LogP contribution in [0.5, 0.6) is 0 Å². The Morgan fingerprint density at radius 3 is 2.69 bits per heavy atom. The molecule has 1 N–H and O–H groups in total. The summed E-state index contributed by atoms with van der Waals surface area (Å²) in [6, 6.07) is 10.8. The van der Waals surface area contributed by atoms with Crippen molar-refractivity contribution in [1.82, 2.24) is 10.2 Å². The normalized spacial score (nSPS) is 15.2. The molecule has 138 valence electrons. The van der Waals surface area contributed by atoms with Gasteiger partial charge in [0.2, 0.25) is 0 Å². The Morgan fingerprint density at radius 2 is 2.00 bits per heavy atom. The van der Waals surface area contributed by atoms with Crippen molar-refractivity contribution >= 4 is 11.6 Å². The average molecular weight is 356 g/mol. The Morgan fingerprint density at radius 1 is 1.19 bits per heavy atom. The lowest BCUT2D eigenvalue weighted by molar-refractivity contribution is 0.371. The number of para-hydroxylation sites is 1. The Kier molecular flexibility index (Phi) is 6.30. The fraction of sp³-hybridized carbons (Fsp3) is 0.350. The molecule has 1 aromatic heterocycles.